The fraction of sp³-hybridized carbons (Fsp3) is 0.333. The lowest BCUT2D eigenvalue weighted by molar-refractivity contribution is -0.149. The third kappa shape index (κ3) is 2.00. The van der Waals surface area contributed by atoms with Crippen LogP contribution in [0.25, 0.3) is 0 Å². The van der Waals surface area contributed by atoms with E-state index in [1.807, 2.05) is 0 Å². The lowest BCUT2D eigenvalue weighted by Crippen LogP contribution is -2.14. The fourth-order valence-electron chi connectivity index (χ4n) is 1.14. The normalized spacial score (nSPS) is 12.1. The van der Waals surface area contributed by atoms with Crippen LogP contribution in [0.1, 0.15) is 11.7 Å². The fourth-order valence-corrected chi connectivity index (χ4v) is 1.14. The second-order valence-corrected chi connectivity index (χ2v) is 2.57. The first kappa shape index (κ1) is 10.5. The molecule has 0 aromatic carbocycles. The van der Waals surface area contributed by atoms with Crippen molar-refractivity contribution in [1.82, 2.24) is 4.98 Å². The van der Waals surface area contributed by atoms with E-state index in [0.29, 0.717) is 11.3 Å². The summed E-state index contributed by atoms with van der Waals surface area (Å²) in [7, 11) is 2.79. The molecule has 5 nitrogen and oxygen atoms in total. The number of nitrogens with zero attached hydrogens (tertiary/aromatic N) is 1. The molecule has 1 atom stereocenters. The van der Waals surface area contributed by atoms with Gasteiger partial charge in [-0.15, -0.1) is 0 Å². The third-order valence-corrected chi connectivity index (χ3v) is 1.78. The van der Waals surface area contributed by atoms with Gasteiger partial charge in [0.25, 0.3) is 0 Å². The van der Waals surface area contributed by atoms with Crippen molar-refractivity contribution in [1.29, 1.82) is 0 Å². The van der Waals surface area contributed by atoms with Gasteiger partial charge in [0.05, 0.1) is 13.3 Å². The molecule has 14 heavy (non-hydrogen) atoms. The minimum absolute atomic E-state index is 0.404. The molecule has 0 aliphatic heterocycles. The van der Waals surface area contributed by atoms with Crippen LogP contribution in [0.2, 0.25) is 0 Å². The first-order valence-electron chi connectivity index (χ1n) is 3.94. The summed E-state index contributed by atoms with van der Waals surface area (Å²) >= 11 is 0. The molecule has 0 unspecified atom stereocenters. The Kier molecular flexibility index (Phi) is 3.41. The zero-order valence-electron chi connectivity index (χ0n) is 7.93. The number of carbonyl (C=O) groups is 1. The van der Waals surface area contributed by atoms with E-state index >= 15 is 0 Å². The SMILES string of the molecule is COc1cnccc1[C@H](OC)C(=O)O. The van der Waals surface area contributed by atoms with Crippen LogP contribution in [0, 0.1) is 0 Å². The summed E-state index contributed by atoms with van der Waals surface area (Å²) in [5, 5.41) is 8.85. The molecule has 0 radical (unpaired) electrons. The van der Waals surface area contributed by atoms with Gasteiger partial charge in [-0.3, -0.25) is 4.98 Å². The standard InChI is InChI=1S/C9H11NO4/c1-13-7-5-10-4-3-6(7)8(14-2)9(11)12/h3-5,8H,1-2H3,(H,11,12)/t8-/m0/s1. The summed E-state index contributed by atoms with van der Waals surface area (Å²) in [4.78, 5) is 14.6. The minimum atomic E-state index is -1.06. The lowest BCUT2D eigenvalue weighted by atomic mass is 10.1. The maximum Gasteiger partial charge on any atom is 0.337 e. The van der Waals surface area contributed by atoms with Crippen molar-refractivity contribution in [3.05, 3.63) is 24.0 Å². The lowest BCUT2D eigenvalue weighted by Gasteiger charge is -2.13. The highest BCUT2D eigenvalue weighted by Gasteiger charge is 2.22. The van der Waals surface area contributed by atoms with Gasteiger partial charge in [0, 0.05) is 18.9 Å². The summed E-state index contributed by atoms with van der Waals surface area (Å²) in [6.45, 7) is 0. The van der Waals surface area contributed by atoms with E-state index in [1.54, 1.807) is 6.07 Å². The van der Waals surface area contributed by atoms with E-state index in [9.17, 15) is 4.79 Å². The van der Waals surface area contributed by atoms with Gasteiger partial charge in [0.2, 0.25) is 0 Å². The van der Waals surface area contributed by atoms with E-state index < -0.39 is 12.1 Å². The Labute approximate surface area is 81.3 Å². The van der Waals surface area contributed by atoms with Crippen molar-refractivity contribution in [2.75, 3.05) is 14.2 Å². The van der Waals surface area contributed by atoms with Gasteiger partial charge in [-0.25, -0.2) is 4.79 Å². The van der Waals surface area contributed by atoms with Gasteiger partial charge in [0.1, 0.15) is 5.75 Å². The molecule has 0 aliphatic carbocycles. The molecule has 1 aromatic rings. The number of rotatable bonds is 4. The van der Waals surface area contributed by atoms with Crippen LogP contribution in [-0.4, -0.2) is 30.3 Å². The van der Waals surface area contributed by atoms with Crippen LogP contribution < -0.4 is 4.74 Å². The number of pyridine rings is 1. The second kappa shape index (κ2) is 4.57. The highest BCUT2D eigenvalue weighted by atomic mass is 16.5. The summed E-state index contributed by atoms with van der Waals surface area (Å²) in [5.41, 5.74) is 0.456. The van der Waals surface area contributed by atoms with Crippen molar-refractivity contribution in [2.24, 2.45) is 0 Å². The molecule has 0 saturated heterocycles. The molecule has 1 N–H and O–H groups in total. The van der Waals surface area contributed by atoms with E-state index in [-0.39, 0.29) is 0 Å². The Morgan fingerprint density at radius 2 is 2.29 bits per heavy atom. The largest absolute Gasteiger partial charge is 0.495 e. The molecule has 0 spiro atoms. The average molecular weight is 197 g/mol. The van der Waals surface area contributed by atoms with E-state index in [2.05, 4.69) is 4.98 Å². The smallest absolute Gasteiger partial charge is 0.337 e. The van der Waals surface area contributed by atoms with Crippen molar-refractivity contribution in [3.8, 4) is 5.75 Å². The minimum Gasteiger partial charge on any atom is -0.495 e. The van der Waals surface area contributed by atoms with Gasteiger partial charge in [-0.1, -0.05) is 0 Å². The van der Waals surface area contributed by atoms with Crippen molar-refractivity contribution in [3.63, 3.8) is 0 Å². The number of carboxylic acids is 1. The molecule has 0 saturated carbocycles. The number of hydrogen-bond donors (Lipinski definition) is 1. The van der Waals surface area contributed by atoms with Gasteiger partial charge in [-0.05, 0) is 6.07 Å². The van der Waals surface area contributed by atoms with Gasteiger partial charge in [0.15, 0.2) is 6.10 Å². The van der Waals surface area contributed by atoms with Gasteiger partial charge in [-0.2, -0.15) is 0 Å². The monoisotopic (exact) mass is 197 g/mol. The summed E-state index contributed by atoms with van der Waals surface area (Å²) < 4.78 is 9.81. The zero-order chi connectivity index (χ0) is 10.6. The number of aromatic nitrogens is 1. The number of aliphatic carboxylic acids is 1. The third-order valence-electron chi connectivity index (χ3n) is 1.78. The predicted molar refractivity (Wildman–Crippen MR) is 48.2 cm³/mol. The van der Waals surface area contributed by atoms with Crippen LogP contribution in [0.15, 0.2) is 18.5 Å². The van der Waals surface area contributed by atoms with Crippen LogP contribution in [-0.2, 0) is 9.53 Å². The van der Waals surface area contributed by atoms with Gasteiger partial charge >= 0.3 is 5.97 Å². The zero-order valence-corrected chi connectivity index (χ0v) is 7.93. The predicted octanol–water partition coefficient (Wildman–Crippen LogP) is 0.862. The number of ether oxygens (including phenoxy) is 2. The topological polar surface area (TPSA) is 68.7 Å². The maximum atomic E-state index is 10.8. The summed E-state index contributed by atoms with van der Waals surface area (Å²) in [6, 6.07) is 1.56. The molecule has 1 aromatic heterocycles. The van der Waals surface area contributed by atoms with E-state index in [4.69, 9.17) is 14.6 Å². The Morgan fingerprint density at radius 1 is 1.57 bits per heavy atom. The van der Waals surface area contributed by atoms with E-state index in [0.717, 1.165) is 0 Å². The number of carboxylic acid groups (broad SMARTS) is 1. The first-order chi connectivity index (χ1) is 6.70. The van der Waals surface area contributed by atoms with Crippen molar-refractivity contribution < 1.29 is 19.4 Å². The van der Waals surface area contributed by atoms with Crippen molar-refractivity contribution >= 4 is 5.97 Å². The van der Waals surface area contributed by atoms with Crippen LogP contribution in [0.5, 0.6) is 5.75 Å². The highest BCUT2D eigenvalue weighted by Crippen LogP contribution is 2.25. The summed E-state index contributed by atoms with van der Waals surface area (Å²) in [6.07, 6.45) is 1.92. The second-order valence-electron chi connectivity index (χ2n) is 2.57. The number of hydrogen-bond acceptors (Lipinski definition) is 4. The molecule has 76 valence electrons. The molecule has 5 heteroatoms. The summed E-state index contributed by atoms with van der Waals surface area (Å²) in [5.74, 6) is -0.654. The maximum absolute atomic E-state index is 10.8. The molecule has 0 aliphatic rings. The first-order valence-corrected chi connectivity index (χ1v) is 3.94. The van der Waals surface area contributed by atoms with Gasteiger partial charge < -0.3 is 14.6 Å². The van der Waals surface area contributed by atoms with Crippen LogP contribution in [0.3, 0.4) is 0 Å². The van der Waals surface area contributed by atoms with Crippen LogP contribution >= 0.6 is 0 Å². The Bertz CT molecular complexity index is 326. The Morgan fingerprint density at radius 3 is 2.79 bits per heavy atom. The molecular formula is C9H11NO4. The molecule has 0 fully saturated rings. The Balaban J connectivity index is 3.08. The molecule has 0 amide bonds. The van der Waals surface area contributed by atoms with Crippen molar-refractivity contribution in [2.45, 2.75) is 6.10 Å². The number of methoxy groups -OCH3 is 2. The van der Waals surface area contributed by atoms with Crippen LogP contribution in [0.4, 0.5) is 0 Å². The Hall–Kier alpha value is -1.62. The van der Waals surface area contributed by atoms with E-state index in [1.165, 1.54) is 26.6 Å². The molecule has 1 heterocycles. The molecule has 0 bridgehead atoms. The molecular weight excluding hydrogens is 186 g/mol. The molecule has 1 rings (SSSR count). The highest BCUT2D eigenvalue weighted by molar-refractivity contribution is 5.75. The quantitative estimate of drug-likeness (QED) is 0.775. The average Bonchev–Trinajstić information content (AvgIpc) is 2.19.